The smallest absolute Gasteiger partial charge is 0.224 e. The summed E-state index contributed by atoms with van der Waals surface area (Å²) in [5, 5.41) is 20.2. The normalized spacial score (nSPS) is 10.9. The van der Waals surface area contributed by atoms with Gasteiger partial charge in [-0.25, -0.2) is 0 Å². The molecular formula is C19H16ClN5O2S. The highest BCUT2D eigenvalue weighted by Crippen LogP contribution is 2.25. The molecule has 0 bridgehead atoms. The van der Waals surface area contributed by atoms with Crippen molar-refractivity contribution in [3.05, 3.63) is 63.6 Å². The molecule has 3 heterocycles. The Bertz CT molecular complexity index is 1130. The van der Waals surface area contributed by atoms with Crippen LogP contribution in [0, 0.1) is 0 Å². The zero-order valence-corrected chi connectivity index (χ0v) is 16.5. The number of aromatic nitrogens is 4. The van der Waals surface area contributed by atoms with Crippen molar-refractivity contribution < 1.29 is 9.53 Å². The maximum Gasteiger partial charge on any atom is 0.224 e. The number of carbonyl (C=O) groups is 1. The Hall–Kier alpha value is -2.97. The minimum atomic E-state index is -0.146. The minimum absolute atomic E-state index is 0.146. The highest BCUT2D eigenvalue weighted by atomic mass is 35.5. The van der Waals surface area contributed by atoms with Crippen LogP contribution in [0.25, 0.3) is 16.9 Å². The lowest BCUT2D eigenvalue weighted by Gasteiger charge is -2.07. The molecular weight excluding hydrogens is 398 g/mol. The third-order valence-corrected chi connectivity index (χ3v) is 5.15. The number of methoxy groups -OCH3 is 1. The average molecular weight is 414 g/mol. The van der Waals surface area contributed by atoms with Gasteiger partial charge in [0.2, 0.25) is 5.91 Å². The van der Waals surface area contributed by atoms with Crippen molar-refractivity contribution in [2.24, 2.45) is 0 Å². The van der Waals surface area contributed by atoms with Crippen molar-refractivity contribution in [2.45, 2.75) is 13.0 Å². The lowest BCUT2D eigenvalue weighted by molar-refractivity contribution is -0.120. The standard InChI is InChI=1S/C19H16ClN5O2S/c1-27-16-4-2-12(8-14(16)20)9-19(26)21-10-18-23-22-17-5-3-15(24-25(17)18)13-6-7-28-11-13/h2-8,11H,9-10H2,1H3,(H,21,26). The molecule has 0 unspecified atom stereocenters. The largest absolute Gasteiger partial charge is 0.495 e. The van der Waals surface area contributed by atoms with E-state index in [-0.39, 0.29) is 18.9 Å². The van der Waals surface area contributed by atoms with E-state index in [9.17, 15) is 4.79 Å². The van der Waals surface area contributed by atoms with Crippen LogP contribution in [0.4, 0.5) is 0 Å². The molecule has 4 rings (SSSR count). The Morgan fingerprint density at radius 2 is 2.14 bits per heavy atom. The molecule has 1 N–H and O–H groups in total. The van der Waals surface area contributed by atoms with E-state index in [4.69, 9.17) is 16.3 Å². The second-order valence-electron chi connectivity index (χ2n) is 6.04. The molecule has 7 nitrogen and oxygen atoms in total. The van der Waals surface area contributed by atoms with Gasteiger partial charge < -0.3 is 10.1 Å². The molecule has 1 amide bonds. The van der Waals surface area contributed by atoms with Crippen molar-refractivity contribution in [3.8, 4) is 17.0 Å². The molecule has 1 aromatic carbocycles. The van der Waals surface area contributed by atoms with E-state index >= 15 is 0 Å². The van der Waals surface area contributed by atoms with Crippen LogP contribution in [0.3, 0.4) is 0 Å². The number of hydrogen-bond donors (Lipinski definition) is 1. The average Bonchev–Trinajstić information content (AvgIpc) is 3.36. The van der Waals surface area contributed by atoms with E-state index in [0.29, 0.717) is 22.2 Å². The van der Waals surface area contributed by atoms with Crippen LogP contribution in [-0.4, -0.2) is 32.8 Å². The van der Waals surface area contributed by atoms with Crippen LogP contribution in [0.15, 0.2) is 47.2 Å². The predicted octanol–water partition coefficient (Wildman–Crippen LogP) is 3.37. The van der Waals surface area contributed by atoms with Gasteiger partial charge in [-0.1, -0.05) is 17.7 Å². The number of rotatable bonds is 6. The first-order valence-corrected chi connectivity index (χ1v) is 9.79. The molecule has 0 aliphatic rings. The van der Waals surface area contributed by atoms with Gasteiger partial charge in [-0.05, 0) is 41.3 Å². The number of thiophene rings is 1. The van der Waals surface area contributed by atoms with Gasteiger partial charge in [-0.15, -0.1) is 10.2 Å². The fourth-order valence-corrected chi connectivity index (χ4v) is 3.68. The third kappa shape index (κ3) is 3.83. The Balaban J connectivity index is 1.45. The SMILES string of the molecule is COc1ccc(CC(=O)NCc2nnc3ccc(-c4ccsc4)nn23)cc1Cl. The second-order valence-corrected chi connectivity index (χ2v) is 7.23. The summed E-state index contributed by atoms with van der Waals surface area (Å²) in [5.74, 6) is 0.994. The molecule has 0 aliphatic heterocycles. The Kier molecular flexibility index (Phi) is 5.23. The lowest BCUT2D eigenvalue weighted by atomic mass is 10.1. The molecule has 0 saturated carbocycles. The molecule has 28 heavy (non-hydrogen) atoms. The number of benzene rings is 1. The molecule has 142 valence electrons. The zero-order valence-electron chi connectivity index (χ0n) is 14.9. The summed E-state index contributed by atoms with van der Waals surface area (Å²) in [6.07, 6.45) is 0.202. The summed E-state index contributed by atoms with van der Waals surface area (Å²) in [5.41, 5.74) is 3.29. The maximum atomic E-state index is 12.3. The predicted molar refractivity (Wildman–Crippen MR) is 108 cm³/mol. The summed E-state index contributed by atoms with van der Waals surface area (Å²) in [7, 11) is 1.55. The highest BCUT2D eigenvalue weighted by Gasteiger charge is 2.11. The van der Waals surface area contributed by atoms with Gasteiger partial charge in [0.25, 0.3) is 0 Å². The summed E-state index contributed by atoms with van der Waals surface area (Å²) < 4.78 is 6.77. The Morgan fingerprint density at radius 3 is 2.89 bits per heavy atom. The van der Waals surface area contributed by atoms with Gasteiger partial charge in [-0.2, -0.15) is 21.0 Å². The maximum absolute atomic E-state index is 12.3. The van der Waals surface area contributed by atoms with E-state index in [1.54, 1.807) is 35.1 Å². The topological polar surface area (TPSA) is 81.4 Å². The lowest BCUT2D eigenvalue weighted by Crippen LogP contribution is -2.25. The van der Waals surface area contributed by atoms with Gasteiger partial charge in [0.05, 0.1) is 30.8 Å². The van der Waals surface area contributed by atoms with Crippen LogP contribution < -0.4 is 10.1 Å². The summed E-state index contributed by atoms with van der Waals surface area (Å²) >= 11 is 7.72. The number of fused-ring (bicyclic) bond motifs is 1. The molecule has 0 fully saturated rings. The minimum Gasteiger partial charge on any atom is -0.495 e. The quantitative estimate of drug-likeness (QED) is 0.524. The fraction of sp³-hybridized carbons (Fsp3) is 0.158. The van der Waals surface area contributed by atoms with E-state index in [2.05, 4.69) is 20.6 Å². The first-order chi connectivity index (χ1) is 13.6. The number of halogens is 1. The molecule has 0 spiro atoms. The van der Waals surface area contributed by atoms with Crippen LogP contribution >= 0.6 is 22.9 Å². The van der Waals surface area contributed by atoms with Gasteiger partial charge in [-0.3, -0.25) is 4.79 Å². The van der Waals surface area contributed by atoms with Crippen molar-refractivity contribution in [1.29, 1.82) is 0 Å². The first-order valence-electron chi connectivity index (χ1n) is 8.47. The molecule has 3 aromatic heterocycles. The molecule has 0 radical (unpaired) electrons. The fourth-order valence-electron chi connectivity index (χ4n) is 2.75. The third-order valence-electron chi connectivity index (χ3n) is 4.17. The van der Waals surface area contributed by atoms with Gasteiger partial charge in [0, 0.05) is 10.9 Å². The van der Waals surface area contributed by atoms with E-state index in [1.807, 2.05) is 35.0 Å². The van der Waals surface area contributed by atoms with Crippen molar-refractivity contribution in [2.75, 3.05) is 7.11 Å². The molecule has 0 aliphatic carbocycles. The number of ether oxygens (including phenoxy) is 1. The van der Waals surface area contributed by atoms with E-state index < -0.39 is 0 Å². The zero-order chi connectivity index (χ0) is 19.5. The first kappa shape index (κ1) is 18.4. The van der Waals surface area contributed by atoms with Gasteiger partial charge in [0.15, 0.2) is 11.5 Å². The van der Waals surface area contributed by atoms with Gasteiger partial charge >= 0.3 is 0 Å². The number of nitrogens with zero attached hydrogens (tertiary/aromatic N) is 4. The number of hydrogen-bond acceptors (Lipinski definition) is 6. The molecule has 0 atom stereocenters. The molecule has 4 aromatic rings. The van der Waals surface area contributed by atoms with Crippen LogP contribution in [-0.2, 0) is 17.8 Å². The van der Waals surface area contributed by atoms with Gasteiger partial charge in [0.1, 0.15) is 5.75 Å². The van der Waals surface area contributed by atoms with Crippen LogP contribution in [0.1, 0.15) is 11.4 Å². The summed E-state index contributed by atoms with van der Waals surface area (Å²) in [6, 6.07) is 11.0. The van der Waals surface area contributed by atoms with E-state index in [0.717, 1.165) is 16.8 Å². The Morgan fingerprint density at radius 1 is 1.25 bits per heavy atom. The Labute approximate surface area is 169 Å². The van der Waals surface area contributed by atoms with E-state index in [1.165, 1.54) is 0 Å². The number of carbonyl (C=O) groups excluding carboxylic acids is 1. The molecule has 0 saturated heterocycles. The highest BCUT2D eigenvalue weighted by molar-refractivity contribution is 7.08. The number of amides is 1. The monoisotopic (exact) mass is 413 g/mol. The van der Waals surface area contributed by atoms with Crippen LogP contribution in [0.5, 0.6) is 5.75 Å². The summed E-state index contributed by atoms with van der Waals surface area (Å²) in [4.78, 5) is 12.3. The second kappa shape index (κ2) is 7.95. The van der Waals surface area contributed by atoms with Crippen molar-refractivity contribution in [3.63, 3.8) is 0 Å². The summed E-state index contributed by atoms with van der Waals surface area (Å²) in [6.45, 7) is 0.226. The van der Waals surface area contributed by atoms with Crippen LogP contribution in [0.2, 0.25) is 5.02 Å². The molecule has 9 heteroatoms. The van der Waals surface area contributed by atoms with Crippen molar-refractivity contribution in [1.82, 2.24) is 25.1 Å². The van der Waals surface area contributed by atoms with Crippen molar-refractivity contribution >= 4 is 34.5 Å². The number of nitrogens with one attached hydrogen (secondary N) is 1.